The summed E-state index contributed by atoms with van der Waals surface area (Å²) in [6.45, 7) is 1.39. The SMILES string of the molecule is Cc1cc(C(F)(F)F)n2nc(C(=O)Nc3cc(=O)n(C)c(=O)n3C)cc2n1. The Morgan fingerprint density at radius 2 is 1.78 bits per heavy atom. The highest BCUT2D eigenvalue weighted by Crippen LogP contribution is 2.29. The second kappa shape index (κ2) is 6.07. The van der Waals surface area contributed by atoms with E-state index in [1.807, 2.05) is 0 Å². The highest BCUT2D eigenvalue weighted by Gasteiger charge is 2.35. The Balaban J connectivity index is 2.05. The number of aromatic nitrogens is 5. The summed E-state index contributed by atoms with van der Waals surface area (Å²) in [6.07, 6.45) is -4.69. The number of aryl methyl sites for hydroxylation is 1. The molecule has 0 aliphatic carbocycles. The predicted octanol–water partition coefficient (Wildman–Crippen LogP) is 0.706. The molecule has 142 valence electrons. The number of hydrogen-bond donors (Lipinski definition) is 1. The monoisotopic (exact) mass is 382 g/mol. The number of anilines is 1. The van der Waals surface area contributed by atoms with Crippen molar-refractivity contribution >= 4 is 17.4 Å². The summed E-state index contributed by atoms with van der Waals surface area (Å²) in [6, 6.07) is 2.90. The van der Waals surface area contributed by atoms with Crippen molar-refractivity contribution in [3.05, 3.63) is 56.1 Å². The number of carbonyl (C=O) groups excluding carboxylic acids is 1. The third kappa shape index (κ3) is 3.20. The van der Waals surface area contributed by atoms with Gasteiger partial charge in [0.2, 0.25) is 0 Å². The first-order chi connectivity index (χ1) is 12.5. The van der Waals surface area contributed by atoms with Gasteiger partial charge in [-0.1, -0.05) is 0 Å². The number of carbonyl (C=O) groups is 1. The van der Waals surface area contributed by atoms with E-state index in [-0.39, 0.29) is 22.9 Å². The summed E-state index contributed by atoms with van der Waals surface area (Å²) in [5.41, 5.74) is -2.82. The Kier molecular flexibility index (Phi) is 4.13. The van der Waals surface area contributed by atoms with Gasteiger partial charge in [-0.2, -0.15) is 18.3 Å². The number of rotatable bonds is 2. The Morgan fingerprint density at radius 3 is 2.41 bits per heavy atom. The van der Waals surface area contributed by atoms with Crippen LogP contribution in [0.3, 0.4) is 0 Å². The molecule has 1 N–H and O–H groups in total. The van der Waals surface area contributed by atoms with E-state index in [2.05, 4.69) is 15.4 Å². The average Bonchev–Trinajstić information content (AvgIpc) is 2.99. The van der Waals surface area contributed by atoms with Crippen LogP contribution in [-0.2, 0) is 20.3 Å². The van der Waals surface area contributed by atoms with Gasteiger partial charge in [0.25, 0.3) is 11.5 Å². The fourth-order valence-corrected chi connectivity index (χ4v) is 2.45. The first kappa shape index (κ1) is 18.4. The fraction of sp³-hybridized carbons (Fsp3) is 0.267. The van der Waals surface area contributed by atoms with E-state index < -0.39 is 29.0 Å². The summed E-state index contributed by atoms with van der Waals surface area (Å²) in [5, 5.41) is 5.95. The van der Waals surface area contributed by atoms with Gasteiger partial charge >= 0.3 is 11.9 Å². The molecule has 0 atom stereocenters. The molecule has 3 aromatic rings. The molecule has 0 spiro atoms. The number of nitrogens with zero attached hydrogens (tertiary/aromatic N) is 5. The first-order valence-electron chi connectivity index (χ1n) is 7.52. The Morgan fingerprint density at radius 1 is 1.11 bits per heavy atom. The summed E-state index contributed by atoms with van der Waals surface area (Å²) < 4.78 is 41.9. The minimum atomic E-state index is -4.69. The molecule has 0 aliphatic rings. The Bertz CT molecular complexity index is 1190. The number of hydrogen-bond acceptors (Lipinski definition) is 5. The van der Waals surface area contributed by atoms with Crippen molar-refractivity contribution in [3.8, 4) is 0 Å². The zero-order chi connectivity index (χ0) is 20.1. The van der Waals surface area contributed by atoms with Gasteiger partial charge in [-0.15, -0.1) is 0 Å². The van der Waals surface area contributed by atoms with Crippen molar-refractivity contribution in [3.63, 3.8) is 0 Å². The molecular weight excluding hydrogens is 369 g/mol. The second-order valence-corrected chi connectivity index (χ2v) is 5.80. The maximum atomic E-state index is 13.2. The van der Waals surface area contributed by atoms with Crippen LogP contribution in [0.25, 0.3) is 5.65 Å². The highest BCUT2D eigenvalue weighted by atomic mass is 19.4. The molecule has 9 nitrogen and oxygen atoms in total. The smallest absolute Gasteiger partial charge is 0.306 e. The molecule has 3 heterocycles. The van der Waals surface area contributed by atoms with E-state index in [9.17, 15) is 27.6 Å². The van der Waals surface area contributed by atoms with Crippen LogP contribution in [-0.4, -0.2) is 29.6 Å². The predicted molar refractivity (Wildman–Crippen MR) is 87.6 cm³/mol. The Hall–Kier alpha value is -3.44. The highest BCUT2D eigenvalue weighted by molar-refractivity contribution is 6.03. The molecule has 0 unspecified atom stereocenters. The molecule has 12 heteroatoms. The summed E-state index contributed by atoms with van der Waals surface area (Å²) in [5.74, 6) is -1.01. The largest absolute Gasteiger partial charge is 0.433 e. The van der Waals surface area contributed by atoms with Gasteiger partial charge in [0.15, 0.2) is 11.3 Å². The van der Waals surface area contributed by atoms with Crippen LogP contribution in [0.2, 0.25) is 0 Å². The van der Waals surface area contributed by atoms with Crippen molar-refractivity contribution in [1.29, 1.82) is 0 Å². The van der Waals surface area contributed by atoms with E-state index in [1.54, 1.807) is 0 Å². The second-order valence-electron chi connectivity index (χ2n) is 5.80. The van der Waals surface area contributed by atoms with Crippen LogP contribution in [0.15, 0.2) is 27.8 Å². The topological polar surface area (TPSA) is 103 Å². The zero-order valence-electron chi connectivity index (χ0n) is 14.3. The summed E-state index contributed by atoms with van der Waals surface area (Å²) in [4.78, 5) is 39.9. The summed E-state index contributed by atoms with van der Waals surface area (Å²) >= 11 is 0. The van der Waals surface area contributed by atoms with E-state index in [0.717, 1.165) is 27.3 Å². The third-order valence-corrected chi connectivity index (χ3v) is 3.85. The lowest BCUT2D eigenvalue weighted by Gasteiger charge is -2.10. The number of fused-ring (bicyclic) bond motifs is 1. The number of nitrogens with one attached hydrogen (secondary N) is 1. The molecule has 3 rings (SSSR count). The van der Waals surface area contributed by atoms with Crippen LogP contribution in [0.5, 0.6) is 0 Å². The van der Waals surface area contributed by atoms with Crippen molar-refractivity contribution in [1.82, 2.24) is 23.7 Å². The van der Waals surface area contributed by atoms with E-state index in [4.69, 9.17) is 0 Å². The molecular formula is C15H13F3N6O3. The maximum absolute atomic E-state index is 13.2. The minimum absolute atomic E-state index is 0.107. The van der Waals surface area contributed by atoms with Crippen LogP contribution < -0.4 is 16.6 Å². The lowest BCUT2D eigenvalue weighted by atomic mass is 10.3. The van der Waals surface area contributed by atoms with Gasteiger partial charge in [0, 0.05) is 31.9 Å². The van der Waals surface area contributed by atoms with Crippen molar-refractivity contribution < 1.29 is 18.0 Å². The fourth-order valence-electron chi connectivity index (χ4n) is 2.45. The van der Waals surface area contributed by atoms with Gasteiger partial charge in [-0.3, -0.25) is 18.7 Å². The molecule has 27 heavy (non-hydrogen) atoms. The van der Waals surface area contributed by atoms with E-state index >= 15 is 0 Å². The molecule has 1 amide bonds. The molecule has 0 bridgehead atoms. The van der Waals surface area contributed by atoms with Gasteiger partial charge in [-0.05, 0) is 13.0 Å². The average molecular weight is 382 g/mol. The van der Waals surface area contributed by atoms with Crippen molar-refractivity contribution in [2.45, 2.75) is 13.1 Å². The first-order valence-corrected chi connectivity index (χ1v) is 7.52. The number of halogens is 3. The third-order valence-electron chi connectivity index (χ3n) is 3.85. The molecule has 3 aromatic heterocycles. The van der Waals surface area contributed by atoms with Gasteiger partial charge in [0.05, 0.1) is 0 Å². The van der Waals surface area contributed by atoms with Crippen LogP contribution in [0.1, 0.15) is 21.9 Å². The van der Waals surface area contributed by atoms with Crippen LogP contribution in [0, 0.1) is 6.92 Å². The Labute approximate surface area is 148 Å². The lowest BCUT2D eigenvalue weighted by Crippen LogP contribution is -2.38. The van der Waals surface area contributed by atoms with Crippen LogP contribution in [0.4, 0.5) is 19.0 Å². The van der Waals surface area contributed by atoms with Gasteiger partial charge in [0.1, 0.15) is 11.5 Å². The minimum Gasteiger partial charge on any atom is -0.306 e. The molecule has 0 saturated carbocycles. The molecule has 0 aromatic carbocycles. The van der Waals surface area contributed by atoms with E-state index in [0.29, 0.717) is 4.52 Å². The zero-order valence-corrected chi connectivity index (χ0v) is 14.3. The quantitative estimate of drug-likeness (QED) is 0.703. The summed E-state index contributed by atoms with van der Waals surface area (Å²) in [7, 11) is 2.60. The van der Waals surface area contributed by atoms with Crippen molar-refractivity contribution in [2.24, 2.45) is 14.1 Å². The van der Waals surface area contributed by atoms with Gasteiger partial charge in [-0.25, -0.2) is 14.3 Å². The number of alkyl halides is 3. The molecule has 0 radical (unpaired) electrons. The molecule has 0 fully saturated rings. The molecule has 0 aliphatic heterocycles. The van der Waals surface area contributed by atoms with Crippen molar-refractivity contribution in [2.75, 3.05) is 5.32 Å². The van der Waals surface area contributed by atoms with E-state index in [1.165, 1.54) is 21.0 Å². The number of amides is 1. The lowest BCUT2D eigenvalue weighted by molar-refractivity contribution is -0.142. The molecule has 0 saturated heterocycles. The standard InChI is InChI=1S/C15H13F3N6O3/c1-7-4-9(15(16,17)18)24-11(19-7)5-8(21-24)13(26)20-10-6-12(25)23(3)14(27)22(10)2/h4-6H,1-3H3,(H,20,26). The van der Waals surface area contributed by atoms with Gasteiger partial charge < -0.3 is 5.32 Å². The van der Waals surface area contributed by atoms with Crippen LogP contribution >= 0.6 is 0 Å². The normalized spacial score (nSPS) is 11.8. The maximum Gasteiger partial charge on any atom is 0.433 e.